The predicted molar refractivity (Wildman–Crippen MR) is 71.5 cm³/mol. The van der Waals surface area contributed by atoms with Crippen LogP contribution in [0.1, 0.15) is 12.5 Å². The number of carbonyl (C=O) groups is 1. The quantitative estimate of drug-likeness (QED) is 0.506. The van der Waals surface area contributed by atoms with E-state index in [1.54, 1.807) is 41.9 Å². The smallest absolute Gasteiger partial charge is 0.339 e. The molecule has 0 aliphatic rings. The Hall–Kier alpha value is -1.37. The fraction of sp³-hybridized carbons (Fsp3) is 0.0909. The van der Waals surface area contributed by atoms with Gasteiger partial charge in [-0.3, -0.25) is 0 Å². The van der Waals surface area contributed by atoms with Gasteiger partial charge in [-0.2, -0.15) is 0 Å². The first kappa shape index (κ1) is 12.7. The maximum atomic E-state index is 11.1. The van der Waals surface area contributed by atoms with E-state index >= 15 is 0 Å². The molecular weight excluding hydrogens is 319 g/mol. The van der Waals surface area contributed by atoms with Crippen molar-refractivity contribution >= 4 is 34.5 Å². The molecule has 0 radical (unpaired) electrons. The predicted octanol–water partition coefficient (Wildman–Crippen LogP) is 2.14. The molecule has 5 heteroatoms. The molecule has 0 atom stereocenters. The molecule has 84 valence electrons. The first-order valence-electron chi connectivity index (χ1n) is 4.52. The van der Waals surface area contributed by atoms with Crippen LogP contribution in [0.4, 0.5) is 0 Å². The maximum Gasteiger partial charge on any atom is 0.339 e. The summed E-state index contributed by atoms with van der Waals surface area (Å²) in [5, 5.41) is 9.08. The van der Waals surface area contributed by atoms with Gasteiger partial charge >= 0.3 is 5.97 Å². The van der Waals surface area contributed by atoms with Gasteiger partial charge in [0, 0.05) is 11.3 Å². The molecule has 0 saturated carbocycles. The number of rotatable bonds is 3. The number of carboxylic acid groups (broad SMARTS) is 1. The molecule has 1 aromatic carbocycles. The Morgan fingerprint density at radius 1 is 1.38 bits per heavy atom. The SMILES string of the molecule is CC(N)=C(C(=O)O)C(=NI)c1ccccc1. The number of carboxylic acids is 1. The molecule has 0 aromatic heterocycles. The number of nitrogens with two attached hydrogens (primary N) is 1. The molecule has 0 heterocycles. The molecule has 0 saturated heterocycles. The highest BCUT2D eigenvalue weighted by Gasteiger charge is 2.18. The summed E-state index contributed by atoms with van der Waals surface area (Å²) < 4.78 is 3.97. The van der Waals surface area contributed by atoms with Gasteiger partial charge < -0.3 is 10.8 Å². The van der Waals surface area contributed by atoms with E-state index in [0.717, 1.165) is 5.56 Å². The average molecular weight is 330 g/mol. The van der Waals surface area contributed by atoms with Gasteiger partial charge in [0.2, 0.25) is 0 Å². The lowest BCUT2D eigenvalue weighted by atomic mass is 10.0. The fourth-order valence-corrected chi connectivity index (χ4v) is 1.81. The first-order valence-corrected chi connectivity index (χ1v) is 5.48. The van der Waals surface area contributed by atoms with Crippen LogP contribution in [0.25, 0.3) is 0 Å². The Balaban J connectivity index is 3.30. The molecule has 0 bridgehead atoms. The van der Waals surface area contributed by atoms with E-state index in [1.807, 2.05) is 18.2 Å². The molecule has 0 amide bonds. The van der Waals surface area contributed by atoms with Crippen molar-refractivity contribution in [2.75, 3.05) is 0 Å². The Morgan fingerprint density at radius 3 is 2.31 bits per heavy atom. The summed E-state index contributed by atoms with van der Waals surface area (Å²) in [6, 6.07) is 9.09. The second-order valence-corrected chi connectivity index (χ2v) is 3.64. The summed E-state index contributed by atoms with van der Waals surface area (Å²) in [4.78, 5) is 11.1. The third-order valence-corrected chi connectivity index (χ3v) is 2.46. The van der Waals surface area contributed by atoms with Crippen LogP contribution in [-0.2, 0) is 4.79 Å². The van der Waals surface area contributed by atoms with E-state index in [2.05, 4.69) is 3.21 Å². The van der Waals surface area contributed by atoms with Crippen LogP contribution in [0.15, 0.2) is 44.8 Å². The molecule has 0 fully saturated rings. The largest absolute Gasteiger partial charge is 0.478 e. The van der Waals surface area contributed by atoms with Crippen LogP contribution in [0.2, 0.25) is 0 Å². The Morgan fingerprint density at radius 2 is 1.94 bits per heavy atom. The highest BCUT2D eigenvalue weighted by molar-refractivity contribution is 14.1. The van der Waals surface area contributed by atoms with Crippen molar-refractivity contribution in [1.29, 1.82) is 0 Å². The molecule has 1 aromatic rings. The van der Waals surface area contributed by atoms with Crippen molar-refractivity contribution in [3.05, 3.63) is 47.2 Å². The number of hydrogen-bond donors (Lipinski definition) is 2. The number of allylic oxidation sites excluding steroid dienone is 1. The van der Waals surface area contributed by atoms with Crippen molar-refractivity contribution in [1.82, 2.24) is 0 Å². The molecule has 1 rings (SSSR count). The molecule has 3 N–H and O–H groups in total. The summed E-state index contributed by atoms with van der Waals surface area (Å²) in [7, 11) is 0. The zero-order valence-electron chi connectivity index (χ0n) is 8.64. The van der Waals surface area contributed by atoms with Crippen LogP contribution in [-0.4, -0.2) is 16.8 Å². The summed E-state index contributed by atoms with van der Waals surface area (Å²) >= 11 is 1.77. The van der Waals surface area contributed by atoms with Gasteiger partial charge in [-0.15, -0.1) is 0 Å². The van der Waals surface area contributed by atoms with Crippen LogP contribution >= 0.6 is 22.9 Å². The summed E-state index contributed by atoms with van der Waals surface area (Å²) in [6.45, 7) is 1.55. The fourth-order valence-electron chi connectivity index (χ4n) is 1.29. The number of halogens is 1. The van der Waals surface area contributed by atoms with Crippen LogP contribution in [0.5, 0.6) is 0 Å². The van der Waals surface area contributed by atoms with E-state index in [1.165, 1.54) is 0 Å². The van der Waals surface area contributed by atoms with Crippen molar-refractivity contribution in [3.63, 3.8) is 0 Å². The zero-order valence-corrected chi connectivity index (χ0v) is 10.8. The van der Waals surface area contributed by atoms with E-state index in [0.29, 0.717) is 5.71 Å². The minimum atomic E-state index is -1.07. The minimum absolute atomic E-state index is 0.0422. The van der Waals surface area contributed by atoms with Crippen molar-refractivity contribution in [2.45, 2.75) is 6.92 Å². The topological polar surface area (TPSA) is 75.7 Å². The standard InChI is InChI=1S/C11H11IN2O2/c1-7(13)9(11(15)16)10(14-12)8-5-3-2-4-6-8/h2-6H,13H2,1H3,(H,15,16). The average Bonchev–Trinajstić information content (AvgIpc) is 2.25. The van der Waals surface area contributed by atoms with Crippen molar-refractivity contribution < 1.29 is 9.90 Å². The monoisotopic (exact) mass is 330 g/mol. The molecule has 0 aliphatic heterocycles. The summed E-state index contributed by atoms with van der Waals surface area (Å²) in [5.74, 6) is -1.07. The van der Waals surface area contributed by atoms with E-state index in [4.69, 9.17) is 10.8 Å². The number of aliphatic carboxylic acids is 1. The number of nitrogens with zero attached hydrogens (tertiary/aromatic N) is 1. The molecule has 0 spiro atoms. The van der Waals surface area contributed by atoms with Gasteiger partial charge in [0.1, 0.15) is 5.57 Å². The number of benzene rings is 1. The van der Waals surface area contributed by atoms with E-state index in [9.17, 15) is 4.79 Å². The van der Waals surface area contributed by atoms with E-state index in [-0.39, 0.29) is 11.3 Å². The Kier molecular flexibility index (Phi) is 4.48. The van der Waals surface area contributed by atoms with E-state index < -0.39 is 5.97 Å². The van der Waals surface area contributed by atoms with Crippen LogP contribution < -0.4 is 5.73 Å². The highest BCUT2D eigenvalue weighted by Crippen LogP contribution is 2.14. The van der Waals surface area contributed by atoms with Gasteiger partial charge in [-0.25, -0.2) is 8.00 Å². The third-order valence-electron chi connectivity index (χ3n) is 1.98. The lowest BCUT2D eigenvalue weighted by Gasteiger charge is -2.07. The van der Waals surface area contributed by atoms with Gasteiger partial charge in [0.25, 0.3) is 0 Å². The molecular formula is C11H11IN2O2. The lowest BCUT2D eigenvalue weighted by Crippen LogP contribution is -2.18. The van der Waals surface area contributed by atoms with Gasteiger partial charge in [0.05, 0.1) is 28.6 Å². The number of hydrogen-bond acceptors (Lipinski definition) is 3. The minimum Gasteiger partial charge on any atom is -0.478 e. The van der Waals surface area contributed by atoms with Crippen LogP contribution in [0.3, 0.4) is 0 Å². The van der Waals surface area contributed by atoms with Crippen LogP contribution in [0, 0.1) is 0 Å². The Labute approximate surface area is 107 Å². The van der Waals surface area contributed by atoms with Gasteiger partial charge in [-0.05, 0) is 6.92 Å². The second kappa shape index (κ2) is 5.64. The highest BCUT2D eigenvalue weighted by atomic mass is 127. The molecule has 0 aliphatic carbocycles. The third kappa shape index (κ3) is 2.82. The Bertz CT molecular complexity index is 448. The molecule has 4 nitrogen and oxygen atoms in total. The summed E-state index contributed by atoms with van der Waals surface area (Å²) in [6.07, 6.45) is 0. The summed E-state index contributed by atoms with van der Waals surface area (Å²) in [5.41, 5.74) is 6.97. The maximum absolute atomic E-state index is 11.1. The van der Waals surface area contributed by atoms with Crippen molar-refractivity contribution in [2.24, 2.45) is 8.94 Å². The second-order valence-electron chi connectivity index (χ2n) is 3.16. The molecule has 0 unspecified atom stereocenters. The first-order chi connectivity index (χ1) is 7.57. The zero-order chi connectivity index (χ0) is 12.1. The molecule has 16 heavy (non-hydrogen) atoms. The lowest BCUT2D eigenvalue weighted by molar-refractivity contribution is -0.132. The van der Waals surface area contributed by atoms with Gasteiger partial charge in [0.15, 0.2) is 0 Å². The van der Waals surface area contributed by atoms with Crippen molar-refractivity contribution in [3.8, 4) is 0 Å². The van der Waals surface area contributed by atoms with Gasteiger partial charge in [-0.1, -0.05) is 30.3 Å². The normalized spacial score (nSPS) is 13.2.